The van der Waals surface area contributed by atoms with Gasteiger partial charge in [0.25, 0.3) is 0 Å². The van der Waals surface area contributed by atoms with Crippen LogP contribution in [0.1, 0.15) is 44.2 Å². The number of fused-ring (bicyclic) bond motifs is 1. The van der Waals surface area contributed by atoms with Crippen molar-refractivity contribution in [2.24, 2.45) is 11.8 Å². The Labute approximate surface area is 146 Å². The molecule has 0 bridgehead atoms. The van der Waals surface area contributed by atoms with Gasteiger partial charge in [0, 0.05) is 44.2 Å². The number of alkyl halides is 3. The average molecular weight is 354 g/mol. The predicted molar refractivity (Wildman–Crippen MR) is 89.3 cm³/mol. The van der Waals surface area contributed by atoms with E-state index in [0.717, 1.165) is 44.4 Å². The first-order chi connectivity index (χ1) is 12.0. The Morgan fingerprint density at radius 2 is 1.84 bits per heavy atom. The van der Waals surface area contributed by atoms with E-state index in [-0.39, 0.29) is 0 Å². The normalized spacial score (nSPS) is 28.5. The van der Waals surface area contributed by atoms with E-state index in [1.807, 2.05) is 4.90 Å². The number of nitrogens with zero attached hydrogens (tertiary/aromatic N) is 4. The van der Waals surface area contributed by atoms with Gasteiger partial charge in [-0.2, -0.15) is 13.2 Å². The van der Waals surface area contributed by atoms with Gasteiger partial charge in [0.1, 0.15) is 17.8 Å². The molecule has 1 aromatic heterocycles. The molecule has 0 radical (unpaired) electrons. The van der Waals surface area contributed by atoms with E-state index in [0.29, 0.717) is 17.8 Å². The third-order valence-corrected chi connectivity index (χ3v) is 6.12. The number of halogens is 3. The zero-order valence-electron chi connectivity index (χ0n) is 14.4. The van der Waals surface area contributed by atoms with E-state index in [1.165, 1.54) is 38.6 Å². The Kier molecular flexibility index (Phi) is 4.60. The third-order valence-electron chi connectivity index (χ3n) is 6.12. The molecule has 1 aliphatic carbocycles. The minimum atomic E-state index is -4.41. The molecule has 0 N–H and O–H groups in total. The summed E-state index contributed by atoms with van der Waals surface area (Å²) in [5.41, 5.74) is -0.854. The van der Waals surface area contributed by atoms with Gasteiger partial charge < -0.3 is 4.90 Å². The van der Waals surface area contributed by atoms with E-state index < -0.39 is 11.9 Å². The van der Waals surface area contributed by atoms with Crippen molar-refractivity contribution in [3.63, 3.8) is 0 Å². The lowest BCUT2D eigenvalue weighted by molar-refractivity contribution is -0.141. The van der Waals surface area contributed by atoms with Crippen molar-refractivity contribution in [3.8, 4) is 0 Å². The van der Waals surface area contributed by atoms with Gasteiger partial charge in [0.05, 0.1) is 0 Å². The van der Waals surface area contributed by atoms with Crippen LogP contribution in [-0.4, -0.2) is 47.1 Å². The molecule has 0 unspecified atom stereocenters. The number of anilines is 1. The molecule has 2 saturated heterocycles. The SMILES string of the molecule is FC(F)(F)c1cc(N2CC[C@@H]3[C@@H](C2)CN3CC2CCCCC2)ncn1. The number of hydrogen-bond acceptors (Lipinski definition) is 4. The summed E-state index contributed by atoms with van der Waals surface area (Å²) in [5, 5.41) is 0. The maximum Gasteiger partial charge on any atom is 0.433 e. The Bertz CT molecular complexity index is 600. The van der Waals surface area contributed by atoms with Crippen molar-refractivity contribution in [1.29, 1.82) is 0 Å². The van der Waals surface area contributed by atoms with Gasteiger partial charge >= 0.3 is 6.18 Å². The Morgan fingerprint density at radius 3 is 2.56 bits per heavy atom. The molecule has 4 nitrogen and oxygen atoms in total. The lowest BCUT2D eigenvalue weighted by Crippen LogP contribution is -2.64. The van der Waals surface area contributed by atoms with Crippen molar-refractivity contribution in [3.05, 3.63) is 18.1 Å². The lowest BCUT2D eigenvalue weighted by Gasteiger charge is -2.54. The second-order valence-corrected chi connectivity index (χ2v) is 7.78. The molecule has 4 rings (SSSR count). The number of piperidine rings is 1. The molecule has 7 heteroatoms. The van der Waals surface area contributed by atoms with Crippen LogP contribution in [-0.2, 0) is 6.18 Å². The zero-order chi connectivity index (χ0) is 17.4. The van der Waals surface area contributed by atoms with E-state index in [9.17, 15) is 13.2 Å². The van der Waals surface area contributed by atoms with Gasteiger partial charge in [0.15, 0.2) is 0 Å². The summed E-state index contributed by atoms with van der Waals surface area (Å²) in [6.45, 7) is 3.87. The highest BCUT2D eigenvalue weighted by molar-refractivity contribution is 5.40. The molecule has 0 spiro atoms. The molecule has 3 aliphatic rings. The van der Waals surface area contributed by atoms with Crippen LogP contribution in [0.5, 0.6) is 0 Å². The highest BCUT2D eigenvalue weighted by Gasteiger charge is 2.43. The molecule has 3 fully saturated rings. The van der Waals surface area contributed by atoms with Crippen molar-refractivity contribution in [1.82, 2.24) is 14.9 Å². The van der Waals surface area contributed by atoms with Crippen LogP contribution in [0.3, 0.4) is 0 Å². The summed E-state index contributed by atoms with van der Waals surface area (Å²) in [4.78, 5) is 12.0. The standard InChI is InChI=1S/C18H25F3N4/c19-18(20,21)16-8-17(23-12-22-16)24-7-6-15-14(10-24)11-25(15)9-13-4-2-1-3-5-13/h8,12-15H,1-7,9-11H2/t14-,15+/m0/s1. The van der Waals surface area contributed by atoms with Gasteiger partial charge in [-0.1, -0.05) is 19.3 Å². The molecule has 138 valence electrons. The Balaban J connectivity index is 1.34. The summed E-state index contributed by atoms with van der Waals surface area (Å²) in [7, 11) is 0. The number of likely N-dealkylation sites (tertiary alicyclic amines) is 1. The number of aromatic nitrogens is 2. The lowest BCUT2D eigenvalue weighted by atomic mass is 9.80. The second kappa shape index (κ2) is 6.74. The Hall–Kier alpha value is -1.37. The van der Waals surface area contributed by atoms with Crippen LogP contribution in [0.15, 0.2) is 12.4 Å². The van der Waals surface area contributed by atoms with Crippen molar-refractivity contribution >= 4 is 5.82 Å². The fourth-order valence-electron chi connectivity index (χ4n) is 4.77. The van der Waals surface area contributed by atoms with Gasteiger partial charge in [0.2, 0.25) is 0 Å². The third kappa shape index (κ3) is 3.61. The van der Waals surface area contributed by atoms with Crippen LogP contribution < -0.4 is 4.90 Å². The first-order valence-electron chi connectivity index (χ1n) is 9.39. The Morgan fingerprint density at radius 1 is 1.04 bits per heavy atom. The monoisotopic (exact) mass is 354 g/mol. The predicted octanol–water partition coefficient (Wildman–Crippen LogP) is 3.59. The van der Waals surface area contributed by atoms with Crippen molar-refractivity contribution < 1.29 is 13.2 Å². The number of hydrogen-bond donors (Lipinski definition) is 0. The summed E-state index contributed by atoms with van der Waals surface area (Å²) < 4.78 is 38.5. The van der Waals surface area contributed by atoms with Crippen molar-refractivity contribution in [2.75, 3.05) is 31.1 Å². The molecule has 1 saturated carbocycles. The van der Waals surface area contributed by atoms with Crippen LogP contribution in [0, 0.1) is 11.8 Å². The fraction of sp³-hybridized carbons (Fsp3) is 0.778. The largest absolute Gasteiger partial charge is 0.433 e. The topological polar surface area (TPSA) is 32.3 Å². The van der Waals surface area contributed by atoms with E-state index >= 15 is 0 Å². The van der Waals surface area contributed by atoms with E-state index in [4.69, 9.17) is 0 Å². The summed E-state index contributed by atoms with van der Waals surface area (Å²) >= 11 is 0. The maximum atomic E-state index is 12.8. The molecule has 3 heterocycles. The van der Waals surface area contributed by atoms with Gasteiger partial charge in [-0.15, -0.1) is 0 Å². The van der Waals surface area contributed by atoms with Gasteiger partial charge in [-0.3, -0.25) is 4.90 Å². The zero-order valence-corrected chi connectivity index (χ0v) is 14.4. The van der Waals surface area contributed by atoms with E-state index in [2.05, 4.69) is 14.9 Å². The van der Waals surface area contributed by atoms with E-state index in [1.54, 1.807) is 0 Å². The smallest absolute Gasteiger partial charge is 0.356 e. The molecular formula is C18H25F3N4. The maximum absolute atomic E-state index is 12.8. The summed E-state index contributed by atoms with van der Waals surface area (Å²) in [6.07, 6.45) is 4.48. The minimum absolute atomic E-state index is 0.409. The summed E-state index contributed by atoms with van der Waals surface area (Å²) in [6, 6.07) is 1.70. The minimum Gasteiger partial charge on any atom is -0.356 e. The highest BCUT2D eigenvalue weighted by Crippen LogP contribution is 2.37. The molecule has 2 aliphatic heterocycles. The molecule has 0 amide bonds. The average Bonchev–Trinajstić information content (AvgIpc) is 2.60. The van der Waals surface area contributed by atoms with Crippen LogP contribution in [0.25, 0.3) is 0 Å². The number of rotatable bonds is 3. The second-order valence-electron chi connectivity index (χ2n) is 7.78. The molecule has 1 aromatic rings. The molecule has 0 aromatic carbocycles. The van der Waals surface area contributed by atoms with Gasteiger partial charge in [-0.25, -0.2) is 9.97 Å². The quantitative estimate of drug-likeness (QED) is 0.830. The molecule has 2 atom stereocenters. The molecule has 25 heavy (non-hydrogen) atoms. The highest BCUT2D eigenvalue weighted by atomic mass is 19.4. The van der Waals surface area contributed by atoms with Crippen LogP contribution in [0.4, 0.5) is 19.0 Å². The first-order valence-corrected chi connectivity index (χ1v) is 9.39. The summed E-state index contributed by atoms with van der Waals surface area (Å²) in [5.74, 6) is 1.82. The first kappa shape index (κ1) is 17.1. The fourth-order valence-corrected chi connectivity index (χ4v) is 4.77. The molecular weight excluding hydrogens is 329 g/mol. The van der Waals surface area contributed by atoms with Crippen LogP contribution >= 0.6 is 0 Å². The van der Waals surface area contributed by atoms with Gasteiger partial charge in [-0.05, 0) is 25.2 Å². The van der Waals surface area contributed by atoms with Crippen LogP contribution in [0.2, 0.25) is 0 Å². The van der Waals surface area contributed by atoms with Crippen molar-refractivity contribution in [2.45, 2.75) is 50.7 Å².